The number of aromatic nitrogens is 1. The minimum absolute atomic E-state index is 0.109. The molecule has 0 fully saturated rings. The second kappa shape index (κ2) is 8.73. The van der Waals surface area contributed by atoms with Crippen molar-refractivity contribution in [3.8, 4) is 0 Å². The molecule has 0 saturated carbocycles. The first-order valence-electron chi connectivity index (χ1n) is 9.79. The van der Waals surface area contributed by atoms with Gasteiger partial charge in [-0.3, -0.25) is 19.2 Å². The monoisotopic (exact) mass is 429 g/mol. The number of nitrogens with one attached hydrogen (secondary N) is 1. The average Bonchev–Trinajstić information content (AvgIpc) is 2.81. The minimum atomic E-state index is -0.622. The first-order valence-corrected chi connectivity index (χ1v) is 9.79. The molecule has 2 amide bonds. The highest BCUT2D eigenvalue weighted by molar-refractivity contribution is 5.96. The van der Waals surface area contributed by atoms with E-state index >= 15 is 0 Å². The molecule has 1 heterocycles. The van der Waals surface area contributed by atoms with Gasteiger partial charge in [-0.2, -0.15) is 0 Å². The Labute approximate surface area is 182 Å². The van der Waals surface area contributed by atoms with E-state index in [1.165, 1.54) is 24.3 Å². The predicted molar refractivity (Wildman–Crippen MR) is 120 cm³/mol. The lowest BCUT2D eigenvalue weighted by atomic mass is 10.1. The third kappa shape index (κ3) is 4.20. The highest BCUT2D eigenvalue weighted by Gasteiger charge is 2.14. The van der Waals surface area contributed by atoms with Crippen LogP contribution in [0.25, 0.3) is 21.8 Å². The molecule has 0 aliphatic heterocycles. The fourth-order valence-electron chi connectivity index (χ4n) is 3.48. The standard InChI is InChI=1S/C24H19N3O5/c25-24(31)15-9-11-16(12-10-15)26-21(28)14-32-22(29)13-27-19-7-3-1-5-17(19)23(30)18-6-2-4-8-20(18)27/h1-12H,13-14H2,(H2,25,31)(H,26,28). The molecule has 3 aromatic carbocycles. The van der Waals surface area contributed by atoms with Crippen molar-refractivity contribution in [2.75, 3.05) is 11.9 Å². The van der Waals surface area contributed by atoms with Crippen molar-refractivity contribution in [3.05, 3.63) is 88.6 Å². The van der Waals surface area contributed by atoms with Crippen molar-refractivity contribution in [1.82, 2.24) is 4.57 Å². The number of hydrogen-bond acceptors (Lipinski definition) is 5. The van der Waals surface area contributed by atoms with E-state index in [4.69, 9.17) is 10.5 Å². The summed E-state index contributed by atoms with van der Waals surface area (Å²) in [6, 6.07) is 20.1. The number of esters is 1. The second-order valence-electron chi connectivity index (χ2n) is 7.10. The number of benzene rings is 3. The second-order valence-corrected chi connectivity index (χ2v) is 7.10. The summed E-state index contributed by atoms with van der Waals surface area (Å²) in [5, 5.41) is 3.57. The average molecular weight is 429 g/mol. The van der Waals surface area contributed by atoms with Crippen molar-refractivity contribution in [2.24, 2.45) is 5.73 Å². The van der Waals surface area contributed by atoms with Gasteiger partial charge in [-0.05, 0) is 48.5 Å². The van der Waals surface area contributed by atoms with E-state index in [0.717, 1.165) is 0 Å². The number of pyridine rings is 1. The van der Waals surface area contributed by atoms with Crippen LogP contribution in [-0.4, -0.2) is 29.0 Å². The first kappa shape index (κ1) is 20.8. The Bertz CT molecular complexity index is 1350. The molecule has 8 nitrogen and oxygen atoms in total. The van der Waals surface area contributed by atoms with Crippen LogP contribution in [0.4, 0.5) is 5.69 Å². The number of rotatable bonds is 6. The maximum Gasteiger partial charge on any atom is 0.326 e. The third-order valence-corrected chi connectivity index (χ3v) is 4.98. The van der Waals surface area contributed by atoms with Gasteiger partial charge in [-0.1, -0.05) is 24.3 Å². The Balaban J connectivity index is 1.48. The largest absolute Gasteiger partial charge is 0.454 e. The Morgan fingerprint density at radius 2 is 1.41 bits per heavy atom. The molecule has 0 aliphatic carbocycles. The van der Waals surface area contributed by atoms with Crippen LogP contribution in [0.5, 0.6) is 0 Å². The van der Waals surface area contributed by atoms with E-state index in [1.807, 2.05) is 0 Å². The molecular formula is C24H19N3O5. The molecule has 0 atom stereocenters. The Kier molecular flexibility index (Phi) is 5.67. The topological polar surface area (TPSA) is 120 Å². The molecule has 160 valence electrons. The minimum Gasteiger partial charge on any atom is -0.454 e. The van der Waals surface area contributed by atoms with Gasteiger partial charge in [-0.25, -0.2) is 0 Å². The van der Waals surface area contributed by atoms with Gasteiger partial charge in [0, 0.05) is 22.0 Å². The zero-order valence-corrected chi connectivity index (χ0v) is 16.9. The molecule has 1 aromatic heterocycles. The Morgan fingerprint density at radius 1 is 0.844 bits per heavy atom. The summed E-state index contributed by atoms with van der Waals surface area (Å²) in [5.41, 5.74) is 7.04. The summed E-state index contributed by atoms with van der Waals surface area (Å²) in [7, 11) is 0. The molecule has 4 rings (SSSR count). The van der Waals surface area contributed by atoms with E-state index < -0.39 is 24.4 Å². The number of para-hydroxylation sites is 2. The van der Waals surface area contributed by atoms with Crippen LogP contribution in [0.3, 0.4) is 0 Å². The highest BCUT2D eigenvalue weighted by Crippen LogP contribution is 2.19. The number of carbonyl (C=O) groups is 3. The van der Waals surface area contributed by atoms with Gasteiger partial charge in [0.15, 0.2) is 12.0 Å². The third-order valence-electron chi connectivity index (χ3n) is 4.98. The summed E-state index contributed by atoms with van der Waals surface area (Å²) in [6.45, 7) is -0.644. The fraction of sp³-hybridized carbons (Fsp3) is 0.0833. The van der Waals surface area contributed by atoms with Gasteiger partial charge >= 0.3 is 5.97 Å². The van der Waals surface area contributed by atoms with Gasteiger partial charge in [0.05, 0.1) is 11.0 Å². The van der Waals surface area contributed by atoms with Gasteiger partial charge in [0.25, 0.3) is 5.91 Å². The summed E-state index contributed by atoms with van der Waals surface area (Å²) >= 11 is 0. The van der Waals surface area contributed by atoms with Crippen LogP contribution >= 0.6 is 0 Å². The molecule has 4 aromatic rings. The quantitative estimate of drug-likeness (QED) is 0.360. The molecule has 3 N–H and O–H groups in total. The van der Waals surface area contributed by atoms with E-state index in [-0.39, 0.29) is 12.0 Å². The highest BCUT2D eigenvalue weighted by atomic mass is 16.5. The summed E-state index contributed by atoms with van der Waals surface area (Å²) in [5.74, 6) is -1.72. The number of anilines is 1. The van der Waals surface area contributed by atoms with Crippen LogP contribution < -0.4 is 16.5 Å². The van der Waals surface area contributed by atoms with Crippen LogP contribution in [0, 0.1) is 0 Å². The van der Waals surface area contributed by atoms with Crippen molar-refractivity contribution in [2.45, 2.75) is 6.54 Å². The van der Waals surface area contributed by atoms with Crippen LogP contribution in [-0.2, 0) is 20.9 Å². The molecule has 0 unspecified atom stereocenters. The molecule has 0 radical (unpaired) electrons. The van der Waals surface area contributed by atoms with Gasteiger partial charge in [0.1, 0.15) is 6.54 Å². The Hall–Kier alpha value is -4.46. The molecule has 8 heteroatoms. The van der Waals surface area contributed by atoms with Gasteiger partial charge < -0.3 is 20.4 Å². The van der Waals surface area contributed by atoms with Crippen LogP contribution in [0.2, 0.25) is 0 Å². The van der Waals surface area contributed by atoms with Crippen LogP contribution in [0.1, 0.15) is 10.4 Å². The van der Waals surface area contributed by atoms with Crippen molar-refractivity contribution in [1.29, 1.82) is 0 Å². The van der Waals surface area contributed by atoms with Gasteiger partial charge in [-0.15, -0.1) is 0 Å². The maximum absolute atomic E-state index is 12.8. The molecule has 32 heavy (non-hydrogen) atoms. The van der Waals surface area contributed by atoms with E-state index in [0.29, 0.717) is 33.1 Å². The van der Waals surface area contributed by atoms with E-state index in [2.05, 4.69) is 5.32 Å². The van der Waals surface area contributed by atoms with Gasteiger partial charge in [0.2, 0.25) is 5.91 Å². The zero-order valence-electron chi connectivity index (χ0n) is 16.9. The normalized spacial score (nSPS) is 10.8. The number of carbonyl (C=O) groups excluding carboxylic acids is 3. The number of ether oxygens (including phenoxy) is 1. The first-order chi connectivity index (χ1) is 15.4. The molecule has 0 saturated heterocycles. The lowest BCUT2D eigenvalue weighted by Gasteiger charge is -2.14. The number of amides is 2. The molecule has 0 aliphatic rings. The fourth-order valence-corrected chi connectivity index (χ4v) is 3.48. The number of hydrogen-bond donors (Lipinski definition) is 2. The number of primary amides is 1. The summed E-state index contributed by atoms with van der Waals surface area (Å²) in [4.78, 5) is 48.5. The molecule has 0 bridgehead atoms. The number of nitrogens with two attached hydrogens (primary N) is 1. The number of nitrogens with zero attached hydrogens (tertiary/aromatic N) is 1. The van der Waals surface area contributed by atoms with Crippen molar-refractivity contribution < 1.29 is 19.1 Å². The summed E-state index contributed by atoms with van der Waals surface area (Å²) in [6.07, 6.45) is 0. The smallest absolute Gasteiger partial charge is 0.326 e. The van der Waals surface area contributed by atoms with Crippen LogP contribution in [0.15, 0.2) is 77.6 Å². The van der Waals surface area contributed by atoms with E-state index in [9.17, 15) is 19.2 Å². The lowest BCUT2D eigenvalue weighted by Crippen LogP contribution is -2.24. The van der Waals surface area contributed by atoms with Crippen molar-refractivity contribution in [3.63, 3.8) is 0 Å². The van der Waals surface area contributed by atoms with Crippen molar-refractivity contribution >= 4 is 45.3 Å². The lowest BCUT2D eigenvalue weighted by molar-refractivity contribution is -0.147. The molecular weight excluding hydrogens is 410 g/mol. The van der Waals surface area contributed by atoms with E-state index in [1.54, 1.807) is 53.1 Å². The predicted octanol–water partition coefficient (Wildman–Crippen LogP) is 2.44. The zero-order chi connectivity index (χ0) is 22.7. The number of fused-ring (bicyclic) bond motifs is 2. The maximum atomic E-state index is 12.8. The summed E-state index contributed by atoms with van der Waals surface area (Å²) < 4.78 is 6.85. The Morgan fingerprint density at radius 3 is 1.97 bits per heavy atom. The SMILES string of the molecule is NC(=O)c1ccc(NC(=O)COC(=O)Cn2c3ccccc3c(=O)c3ccccc32)cc1. The molecule has 0 spiro atoms.